The van der Waals surface area contributed by atoms with Crippen molar-refractivity contribution in [2.75, 3.05) is 24.9 Å². The molecule has 0 saturated carbocycles. The summed E-state index contributed by atoms with van der Waals surface area (Å²) in [4.78, 5) is 30.6. The number of nitrogens with zero attached hydrogens (tertiary/aromatic N) is 2. The lowest BCUT2D eigenvalue weighted by Crippen LogP contribution is -2.41. The lowest BCUT2D eigenvalue weighted by molar-refractivity contribution is -0.141. The molecule has 408 valence electrons. The Morgan fingerprint density at radius 3 is 1.29 bits per heavy atom. The molecule has 0 atom stereocenters. The van der Waals surface area contributed by atoms with Gasteiger partial charge >= 0.3 is 26.4 Å². The van der Waals surface area contributed by atoms with E-state index in [0.717, 1.165) is 15.1 Å². The molecule has 6 aromatic rings. The summed E-state index contributed by atoms with van der Waals surface area (Å²) in [6.45, 7) is 19.0. The molecule has 0 spiro atoms. The van der Waals surface area contributed by atoms with E-state index < -0.39 is 59.3 Å². The number of carbonyl (C=O) groups excluding carboxylic acids is 2. The van der Waals surface area contributed by atoms with Gasteiger partial charge in [-0.1, -0.05) is 51.3 Å². The number of anilines is 2. The summed E-state index contributed by atoms with van der Waals surface area (Å²) in [7, 11) is 2.03. The molecule has 2 saturated heterocycles. The van der Waals surface area contributed by atoms with E-state index in [1.54, 1.807) is 54.6 Å². The highest BCUT2D eigenvalue weighted by Gasteiger charge is 2.63. The summed E-state index contributed by atoms with van der Waals surface area (Å²) < 4.78 is 114. The highest BCUT2D eigenvalue weighted by molar-refractivity contribution is 9.10. The fraction of sp³-hybridized carbons (Fsp3) is 0.360. The van der Waals surface area contributed by atoms with E-state index in [0.29, 0.717) is 60.6 Å². The number of hydrogen-bond acceptors (Lipinski definition) is 12. The normalized spacial score (nSPS) is 16.0. The van der Waals surface area contributed by atoms with Gasteiger partial charge in [0.25, 0.3) is 11.8 Å². The average Bonchev–Trinajstić information content (AvgIpc) is 4.05. The molecular weight excluding hydrogens is 1220 g/mol. The van der Waals surface area contributed by atoms with Crippen LogP contribution in [0.2, 0.25) is 10.0 Å². The molecule has 0 unspecified atom stereocenters. The summed E-state index contributed by atoms with van der Waals surface area (Å²) in [6, 6.07) is 23.9. The summed E-state index contributed by atoms with van der Waals surface area (Å²) in [5.74, 6) is -0.649. The number of aryl methyl sites for hydroxylation is 2. The maximum atomic E-state index is 13.2. The van der Waals surface area contributed by atoms with Crippen LogP contribution in [-0.2, 0) is 31.0 Å². The van der Waals surface area contributed by atoms with Crippen LogP contribution >= 0.6 is 77.7 Å². The molecule has 12 nitrogen and oxygen atoms in total. The van der Waals surface area contributed by atoms with Gasteiger partial charge in [-0.2, -0.15) is 26.3 Å². The van der Waals surface area contributed by atoms with Crippen molar-refractivity contribution in [3.05, 3.63) is 135 Å². The molecule has 2 N–H and O–H groups in total. The smallest absolute Gasteiger partial charge is 0.488 e. The fourth-order valence-corrected chi connectivity index (χ4v) is 9.33. The van der Waals surface area contributed by atoms with Gasteiger partial charge < -0.3 is 38.7 Å². The van der Waals surface area contributed by atoms with Gasteiger partial charge in [0.15, 0.2) is 11.4 Å². The highest BCUT2D eigenvalue weighted by atomic mass is 79.9. The number of hydrogen-bond donors (Lipinski definition) is 2. The molecule has 76 heavy (non-hydrogen) atoms. The standard InChI is InChI=1S/C19H14ClF3N2O2S.C13H10BrF3N2O2S.C12H24B2O4.C6H4BrCl/c1-10-24-17(19(21,22)23)16(28-10)18(26)25-15-8-7-13(27-2)9-14(15)11-3-5-12(20)6-4-11;1-6-18-11(13(15,16)17)10(22-6)12(20)19-9-4-3-7(21-2)5-8(9)14;1-9(2)10(3,4)16-13(15-9)14-17-11(5,6)12(7,8)18-14;7-5-1-3-6(8)4-2-5/h3-9H,1-2H3,(H,25,26);3-5H,1-2H3,(H,19,20);1-8H3;1-4H. The van der Waals surface area contributed by atoms with Crippen LogP contribution in [0.5, 0.6) is 11.5 Å². The molecule has 0 bridgehead atoms. The Morgan fingerprint density at radius 2 is 0.934 bits per heavy atom. The van der Waals surface area contributed by atoms with Crippen LogP contribution in [0.3, 0.4) is 0 Å². The zero-order chi connectivity index (χ0) is 56.9. The molecule has 2 aliphatic heterocycles. The number of rotatable bonds is 8. The number of amides is 2. The van der Waals surface area contributed by atoms with Crippen LogP contribution in [-0.4, -0.2) is 72.4 Å². The Morgan fingerprint density at radius 1 is 0.579 bits per heavy atom. The third kappa shape index (κ3) is 16.0. The second kappa shape index (κ2) is 24.8. The van der Waals surface area contributed by atoms with Gasteiger partial charge in [0.2, 0.25) is 0 Å². The van der Waals surface area contributed by atoms with Crippen molar-refractivity contribution in [2.24, 2.45) is 0 Å². The number of alkyl halides is 6. The van der Waals surface area contributed by atoms with Crippen molar-refractivity contribution in [1.82, 2.24) is 9.97 Å². The monoisotopic (exact) mass is 1260 g/mol. The van der Waals surface area contributed by atoms with Crippen LogP contribution in [0.15, 0.2) is 93.9 Å². The largest absolute Gasteiger partial charge is 0.497 e. The zero-order valence-electron chi connectivity index (χ0n) is 43.0. The molecular formula is C50H52B2Br2Cl2F6N4O8S2. The number of carbonyl (C=O) groups is 2. The van der Waals surface area contributed by atoms with Gasteiger partial charge in [0.05, 0.1) is 52.3 Å². The van der Waals surface area contributed by atoms with Crippen molar-refractivity contribution in [2.45, 2.75) is 104 Å². The van der Waals surface area contributed by atoms with Crippen molar-refractivity contribution in [3.63, 3.8) is 0 Å². The number of methoxy groups -OCH3 is 2. The molecule has 4 heterocycles. The van der Waals surface area contributed by atoms with E-state index in [1.807, 2.05) is 79.7 Å². The third-order valence-electron chi connectivity index (χ3n) is 12.0. The Balaban J connectivity index is 0.000000199. The topological polar surface area (TPSA) is 139 Å². The second-order valence-corrected chi connectivity index (χ2v) is 23.7. The van der Waals surface area contributed by atoms with Gasteiger partial charge in [-0.15, -0.1) is 22.7 Å². The molecule has 2 amide bonds. The fourth-order valence-electron chi connectivity index (χ4n) is 6.69. The van der Waals surface area contributed by atoms with Crippen LogP contribution in [0.4, 0.5) is 37.7 Å². The predicted molar refractivity (Wildman–Crippen MR) is 295 cm³/mol. The minimum Gasteiger partial charge on any atom is -0.497 e. The second-order valence-electron chi connectivity index (χ2n) is 18.7. The first-order valence-electron chi connectivity index (χ1n) is 22.7. The maximum absolute atomic E-state index is 13.2. The Kier molecular flexibility index (Phi) is 20.5. The summed E-state index contributed by atoms with van der Waals surface area (Å²) in [6.07, 6.45) is -9.38. The van der Waals surface area contributed by atoms with Crippen LogP contribution in [0.25, 0.3) is 11.1 Å². The quantitative estimate of drug-likeness (QED) is 0.112. The molecule has 8 rings (SSSR count). The van der Waals surface area contributed by atoms with Crippen molar-refractivity contribution >= 4 is 115 Å². The van der Waals surface area contributed by atoms with Gasteiger partial charge in [0.1, 0.15) is 21.3 Å². The van der Waals surface area contributed by atoms with Gasteiger partial charge in [-0.05, 0) is 164 Å². The van der Waals surface area contributed by atoms with E-state index >= 15 is 0 Å². The van der Waals surface area contributed by atoms with Crippen LogP contribution in [0.1, 0.15) is 96.1 Å². The number of nitrogens with one attached hydrogen (secondary N) is 2. The molecule has 2 aromatic heterocycles. The Hall–Kier alpha value is -4.23. The lowest BCUT2D eigenvalue weighted by atomic mass is 9.49. The number of benzene rings is 4. The van der Waals surface area contributed by atoms with Gasteiger partial charge in [-0.3, -0.25) is 9.59 Å². The Bertz CT molecular complexity index is 2920. The van der Waals surface area contributed by atoms with Crippen LogP contribution < -0.4 is 20.1 Å². The Labute approximate surface area is 472 Å². The zero-order valence-corrected chi connectivity index (χ0v) is 49.3. The lowest BCUT2D eigenvalue weighted by Gasteiger charge is -2.32. The van der Waals surface area contributed by atoms with Crippen molar-refractivity contribution in [1.29, 1.82) is 0 Å². The molecule has 26 heteroatoms. The van der Waals surface area contributed by atoms with Crippen molar-refractivity contribution in [3.8, 4) is 22.6 Å². The van der Waals surface area contributed by atoms with E-state index in [4.69, 9.17) is 51.3 Å². The molecule has 2 fully saturated rings. The molecule has 0 radical (unpaired) electrons. The van der Waals surface area contributed by atoms with Gasteiger partial charge in [0, 0.05) is 30.2 Å². The van der Waals surface area contributed by atoms with E-state index in [2.05, 4.69) is 52.5 Å². The summed E-state index contributed by atoms with van der Waals surface area (Å²) in [5.41, 5.74) is -1.82. The first kappa shape index (κ1) is 62.6. The minimum atomic E-state index is -4.71. The SMILES string of the molecule is CC1(C)OB(B2OC(C)(C)C(C)(C)O2)OC1(C)C.COc1ccc(NC(=O)c2sc(C)nc2C(F)(F)F)c(-c2ccc(Cl)cc2)c1.COc1ccc(NC(=O)c2sc(C)nc2C(F)(F)F)c(Br)c1.Clc1ccc(Br)cc1. The average molecular weight is 1270 g/mol. The molecule has 4 aromatic carbocycles. The van der Waals surface area contributed by atoms with E-state index in [9.17, 15) is 35.9 Å². The first-order chi connectivity index (χ1) is 35.1. The van der Waals surface area contributed by atoms with E-state index in [1.165, 1.54) is 34.1 Å². The van der Waals surface area contributed by atoms with Crippen molar-refractivity contribution < 1.29 is 64.0 Å². The highest BCUT2D eigenvalue weighted by Crippen LogP contribution is 2.44. The predicted octanol–water partition coefficient (Wildman–Crippen LogP) is 15.9. The molecule has 0 aliphatic carbocycles. The summed E-state index contributed by atoms with van der Waals surface area (Å²) >= 11 is 19.4. The summed E-state index contributed by atoms with van der Waals surface area (Å²) in [5, 5.41) is 6.63. The third-order valence-corrected chi connectivity index (χ3v) is 15.7. The number of thiazole rings is 2. The maximum Gasteiger partial charge on any atom is 0.488 e. The number of aromatic nitrogens is 2. The number of halogens is 10. The molecule has 2 aliphatic rings. The van der Waals surface area contributed by atoms with E-state index in [-0.39, 0.29) is 32.4 Å². The van der Waals surface area contributed by atoms with Gasteiger partial charge in [-0.25, -0.2) is 9.97 Å². The van der Waals surface area contributed by atoms with Crippen LogP contribution in [0, 0.1) is 13.8 Å². The minimum absolute atomic E-state index is 0.158. The first-order valence-corrected chi connectivity index (χ1v) is 26.7. The number of ether oxygens (including phenoxy) is 2.